The largest absolute Gasteiger partial charge is 0.412 e. The first-order valence-electron chi connectivity index (χ1n) is 7.95. The quantitative estimate of drug-likeness (QED) is 0.646. The number of halogens is 3. The van der Waals surface area contributed by atoms with E-state index < -0.39 is 18.2 Å². The Morgan fingerprint density at radius 2 is 1.78 bits per heavy atom. The molecule has 140 valence electrons. The zero-order valence-corrected chi connectivity index (χ0v) is 14.2. The number of urea groups is 1. The lowest BCUT2D eigenvalue weighted by molar-refractivity contribution is -0.154. The summed E-state index contributed by atoms with van der Waals surface area (Å²) < 4.78 is 41.0. The molecule has 0 bridgehead atoms. The first-order chi connectivity index (χ1) is 12.7. The standard InChI is InChI=1S/C18H16F3N5O/c1-10-6-11-4-2-3-5-12(11)7-13(10)16(18(19,20)21)26-17(27)25-15-9-23-14(22)8-24-15/h2-9,16H,1H3,(H2,22,23)(H2,24,25,26,27). The van der Waals surface area contributed by atoms with Gasteiger partial charge in [-0.15, -0.1) is 0 Å². The third-order valence-electron chi connectivity index (χ3n) is 3.96. The monoisotopic (exact) mass is 375 g/mol. The topological polar surface area (TPSA) is 92.9 Å². The zero-order chi connectivity index (χ0) is 19.6. The summed E-state index contributed by atoms with van der Waals surface area (Å²) >= 11 is 0. The van der Waals surface area contributed by atoms with E-state index in [2.05, 4.69) is 15.3 Å². The second kappa shape index (κ2) is 7.10. The van der Waals surface area contributed by atoms with Crippen LogP contribution in [0.1, 0.15) is 17.2 Å². The second-order valence-corrected chi connectivity index (χ2v) is 5.96. The molecule has 9 heteroatoms. The number of nitrogen functional groups attached to an aromatic ring is 1. The van der Waals surface area contributed by atoms with Gasteiger partial charge in [0.15, 0.2) is 11.9 Å². The van der Waals surface area contributed by atoms with E-state index in [1.165, 1.54) is 12.3 Å². The van der Waals surface area contributed by atoms with Gasteiger partial charge in [0.05, 0.1) is 12.4 Å². The number of aryl methyl sites for hydroxylation is 1. The van der Waals surface area contributed by atoms with Crippen molar-refractivity contribution in [3.63, 3.8) is 0 Å². The first kappa shape index (κ1) is 18.4. The molecular formula is C18H16F3N5O. The number of nitrogens with one attached hydrogen (secondary N) is 2. The summed E-state index contributed by atoms with van der Waals surface area (Å²) in [5.74, 6) is 0.110. The molecule has 1 unspecified atom stereocenters. The highest BCUT2D eigenvalue weighted by Crippen LogP contribution is 2.36. The molecule has 0 spiro atoms. The van der Waals surface area contributed by atoms with E-state index >= 15 is 0 Å². The fourth-order valence-corrected chi connectivity index (χ4v) is 2.70. The lowest BCUT2D eigenvalue weighted by atomic mass is 9.96. The summed E-state index contributed by atoms with van der Waals surface area (Å²) in [7, 11) is 0. The van der Waals surface area contributed by atoms with Gasteiger partial charge in [0.1, 0.15) is 5.82 Å². The van der Waals surface area contributed by atoms with Crippen LogP contribution in [0.3, 0.4) is 0 Å². The number of anilines is 2. The Hall–Kier alpha value is -3.36. The number of carbonyl (C=O) groups is 1. The van der Waals surface area contributed by atoms with Crippen LogP contribution < -0.4 is 16.4 Å². The number of carbonyl (C=O) groups excluding carboxylic acids is 1. The van der Waals surface area contributed by atoms with Gasteiger partial charge in [-0.25, -0.2) is 14.8 Å². The van der Waals surface area contributed by atoms with E-state index in [0.717, 1.165) is 11.6 Å². The molecule has 0 saturated carbocycles. The van der Waals surface area contributed by atoms with Crippen LogP contribution in [0.4, 0.5) is 29.6 Å². The molecule has 0 fully saturated rings. The van der Waals surface area contributed by atoms with Gasteiger partial charge in [-0.3, -0.25) is 5.32 Å². The Morgan fingerprint density at radius 1 is 1.11 bits per heavy atom. The van der Waals surface area contributed by atoms with E-state index in [1.54, 1.807) is 25.1 Å². The van der Waals surface area contributed by atoms with Crippen LogP contribution in [0.25, 0.3) is 10.8 Å². The number of benzene rings is 2. The van der Waals surface area contributed by atoms with Crippen LogP contribution in [0.15, 0.2) is 48.8 Å². The molecule has 1 heterocycles. The zero-order valence-electron chi connectivity index (χ0n) is 14.2. The second-order valence-electron chi connectivity index (χ2n) is 5.96. The van der Waals surface area contributed by atoms with Crippen LogP contribution in [0, 0.1) is 6.92 Å². The van der Waals surface area contributed by atoms with Gasteiger partial charge in [0.2, 0.25) is 0 Å². The minimum Gasteiger partial charge on any atom is -0.382 e. The van der Waals surface area contributed by atoms with Gasteiger partial charge in [0, 0.05) is 0 Å². The van der Waals surface area contributed by atoms with Crippen molar-refractivity contribution in [1.29, 1.82) is 0 Å². The minimum atomic E-state index is -4.68. The number of aromatic nitrogens is 2. The fraction of sp³-hybridized carbons (Fsp3) is 0.167. The van der Waals surface area contributed by atoms with Gasteiger partial charge < -0.3 is 11.1 Å². The minimum absolute atomic E-state index is 0.0159. The summed E-state index contributed by atoms with van der Waals surface area (Å²) in [6.45, 7) is 1.57. The molecule has 4 N–H and O–H groups in total. The Bertz CT molecular complexity index is 973. The number of nitrogens with zero attached hydrogens (tertiary/aromatic N) is 2. The maximum atomic E-state index is 13.7. The first-order valence-corrected chi connectivity index (χ1v) is 7.95. The van der Waals surface area contributed by atoms with Crippen molar-refractivity contribution in [2.24, 2.45) is 0 Å². The molecule has 1 aromatic heterocycles. The van der Waals surface area contributed by atoms with Crippen molar-refractivity contribution in [3.05, 3.63) is 59.9 Å². The molecule has 0 aliphatic carbocycles. The Kier molecular flexibility index (Phi) is 4.85. The molecule has 27 heavy (non-hydrogen) atoms. The Balaban J connectivity index is 1.89. The Morgan fingerprint density at radius 3 is 2.37 bits per heavy atom. The highest BCUT2D eigenvalue weighted by molar-refractivity contribution is 5.89. The normalized spacial score (nSPS) is 12.6. The number of amides is 2. The van der Waals surface area contributed by atoms with Gasteiger partial charge in [-0.2, -0.15) is 13.2 Å². The lowest BCUT2D eigenvalue weighted by Gasteiger charge is -2.24. The van der Waals surface area contributed by atoms with Gasteiger partial charge >= 0.3 is 12.2 Å². The van der Waals surface area contributed by atoms with Crippen molar-refractivity contribution in [2.75, 3.05) is 11.1 Å². The van der Waals surface area contributed by atoms with Crippen LogP contribution in [-0.2, 0) is 0 Å². The number of rotatable bonds is 3. The average molecular weight is 375 g/mol. The molecule has 0 aliphatic heterocycles. The molecule has 2 amide bonds. The lowest BCUT2D eigenvalue weighted by Crippen LogP contribution is -2.40. The van der Waals surface area contributed by atoms with Crippen LogP contribution in [0.2, 0.25) is 0 Å². The molecule has 0 aliphatic rings. The highest BCUT2D eigenvalue weighted by atomic mass is 19.4. The van der Waals surface area contributed by atoms with Gasteiger partial charge in [-0.05, 0) is 34.9 Å². The molecule has 0 radical (unpaired) electrons. The predicted octanol–water partition coefficient (Wildman–Crippen LogP) is 3.95. The summed E-state index contributed by atoms with van der Waals surface area (Å²) in [4.78, 5) is 19.6. The smallest absolute Gasteiger partial charge is 0.382 e. The summed E-state index contributed by atoms with van der Waals surface area (Å²) in [5.41, 5.74) is 5.77. The summed E-state index contributed by atoms with van der Waals surface area (Å²) in [6.07, 6.45) is -2.35. The van der Waals surface area contributed by atoms with Crippen molar-refractivity contribution in [2.45, 2.75) is 19.1 Å². The van der Waals surface area contributed by atoms with Gasteiger partial charge in [0.25, 0.3) is 0 Å². The Labute approximate surface area is 152 Å². The number of alkyl halides is 3. The number of hydrogen-bond donors (Lipinski definition) is 3. The van der Waals surface area contributed by atoms with Gasteiger partial charge in [-0.1, -0.05) is 30.3 Å². The van der Waals surface area contributed by atoms with Crippen molar-refractivity contribution in [1.82, 2.24) is 15.3 Å². The molecule has 6 nitrogen and oxygen atoms in total. The fourth-order valence-electron chi connectivity index (χ4n) is 2.70. The summed E-state index contributed by atoms with van der Waals surface area (Å²) in [5, 5.41) is 5.66. The molecule has 3 aromatic rings. The van der Waals surface area contributed by atoms with Crippen LogP contribution in [-0.4, -0.2) is 22.2 Å². The van der Waals surface area contributed by atoms with E-state index in [0.29, 0.717) is 10.9 Å². The predicted molar refractivity (Wildman–Crippen MR) is 96.1 cm³/mol. The van der Waals surface area contributed by atoms with Crippen molar-refractivity contribution in [3.8, 4) is 0 Å². The summed E-state index contributed by atoms with van der Waals surface area (Å²) in [6, 6.07) is 6.95. The maximum Gasteiger partial charge on any atom is 0.412 e. The van der Waals surface area contributed by atoms with E-state index in [9.17, 15) is 18.0 Å². The molecule has 3 rings (SSSR count). The van der Waals surface area contributed by atoms with E-state index in [-0.39, 0.29) is 17.2 Å². The molecular weight excluding hydrogens is 359 g/mol. The maximum absolute atomic E-state index is 13.7. The number of nitrogens with two attached hydrogens (primary N) is 1. The van der Waals surface area contributed by atoms with E-state index in [4.69, 9.17) is 5.73 Å². The highest BCUT2D eigenvalue weighted by Gasteiger charge is 2.42. The van der Waals surface area contributed by atoms with Crippen molar-refractivity contribution >= 4 is 28.4 Å². The molecule has 1 atom stereocenters. The van der Waals surface area contributed by atoms with Crippen LogP contribution in [0.5, 0.6) is 0 Å². The third kappa shape index (κ3) is 4.25. The van der Waals surface area contributed by atoms with Crippen molar-refractivity contribution < 1.29 is 18.0 Å². The third-order valence-corrected chi connectivity index (χ3v) is 3.96. The van der Waals surface area contributed by atoms with E-state index in [1.807, 2.05) is 17.4 Å². The number of fused-ring (bicyclic) bond motifs is 1. The van der Waals surface area contributed by atoms with Crippen LogP contribution >= 0.6 is 0 Å². The average Bonchev–Trinajstić information content (AvgIpc) is 2.60. The SMILES string of the molecule is Cc1cc2ccccc2cc1C(NC(=O)Nc1cnc(N)cn1)C(F)(F)F. The molecule has 2 aromatic carbocycles. The number of hydrogen-bond acceptors (Lipinski definition) is 4. The molecule has 0 saturated heterocycles.